The SMILES string of the molecule is NC(=O)CCc1ccc(Oc2ccc(CC(=O)O)cc2)cc1. The van der Waals surface area contributed by atoms with Crippen molar-refractivity contribution in [1.82, 2.24) is 0 Å². The Kier molecular flexibility index (Phi) is 5.14. The molecule has 0 bridgehead atoms. The molecule has 0 aliphatic rings. The second-order valence-electron chi connectivity index (χ2n) is 4.93. The summed E-state index contributed by atoms with van der Waals surface area (Å²) in [5.74, 6) is 0.134. The number of aliphatic carboxylic acids is 1. The number of hydrogen-bond donors (Lipinski definition) is 2. The molecule has 3 N–H and O–H groups in total. The number of primary amides is 1. The first kappa shape index (κ1) is 15.6. The van der Waals surface area contributed by atoms with E-state index in [0.29, 0.717) is 24.3 Å². The fourth-order valence-electron chi connectivity index (χ4n) is 1.98. The molecule has 2 aromatic carbocycles. The molecule has 0 aliphatic heterocycles. The summed E-state index contributed by atoms with van der Waals surface area (Å²) < 4.78 is 5.68. The third-order valence-electron chi connectivity index (χ3n) is 3.10. The minimum absolute atomic E-state index is 0.00512. The minimum Gasteiger partial charge on any atom is -0.481 e. The van der Waals surface area contributed by atoms with E-state index in [-0.39, 0.29) is 12.3 Å². The molecule has 0 aromatic heterocycles. The number of rotatable bonds is 7. The fourth-order valence-corrected chi connectivity index (χ4v) is 1.98. The summed E-state index contributed by atoms with van der Waals surface area (Å²) in [6.07, 6.45) is 0.930. The number of nitrogens with two attached hydrogens (primary N) is 1. The lowest BCUT2D eigenvalue weighted by Crippen LogP contribution is -2.11. The van der Waals surface area contributed by atoms with Crippen molar-refractivity contribution in [2.45, 2.75) is 19.3 Å². The number of hydrogen-bond acceptors (Lipinski definition) is 3. The number of benzene rings is 2. The maximum absolute atomic E-state index is 10.7. The normalized spacial score (nSPS) is 10.2. The molecule has 0 saturated heterocycles. The molecular weight excluding hydrogens is 282 g/mol. The molecule has 0 unspecified atom stereocenters. The highest BCUT2D eigenvalue weighted by Crippen LogP contribution is 2.22. The fraction of sp³-hybridized carbons (Fsp3) is 0.176. The third kappa shape index (κ3) is 4.94. The van der Waals surface area contributed by atoms with Crippen LogP contribution in [-0.2, 0) is 22.4 Å². The zero-order chi connectivity index (χ0) is 15.9. The van der Waals surface area contributed by atoms with Crippen molar-refractivity contribution in [1.29, 1.82) is 0 Å². The van der Waals surface area contributed by atoms with Crippen molar-refractivity contribution in [2.75, 3.05) is 0 Å². The first-order chi connectivity index (χ1) is 10.5. The molecule has 5 heteroatoms. The Morgan fingerprint density at radius 2 is 1.41 bits per heavy atom. The van der Waals surface area contributed by atoms with Crippen molar-refractivity contribution in [3.8, 4) is 11.5 Å². The van der Waals surface area contributed by atoms with Gasteiger partial charge in [-0.25, -0.2) is 0 Å². The van der Waals surface area contributed by atoms with Gasteiger partial charge < -0.3 is 15.6 Å². The van der Waals surface area contributed by atoms with Crippen LogP contribution in [0.3, 0.4) is 0 Å². The van der Waals surface area contributed by atoms with Gasteiger partial charge in [-0.1, -0.05) is 24.3 Å². The van der Waals surface area contributed by atoms with Crippen LogP contribution < -0.4 is 10.5 Å². The van der Waals surface area contributed by atoms with Crippen molar-refractivity contribution >= 4 is 11.9 Å². The Morgan fingerprint density at radius 1 is 0.909 bits per heavy atom. The molecule has 114 valence electrons. The molecular formula is C17H17NO4. The van der Waals surface area contributed by atoms with E-state index in [2.05, 4.69) is 0 Å². The van der Waals surface area contributed by atoms with Crippen LogP contribution in [0.25, 0.3) is 0 Å². The largest absolute Gasteiger partial charge is 0.481 e. The first-order valence-electron chi connectivity index (χ1n) is 6.89. The van der Waals surface area contributed by atoms with E-state index in [1.165, 1.54) is 0 Å². The van der Waals surface area contributed by atoms with Gasteiger partial charge in [-0.3, -0.25) is 9.59 Å². The molecule has 0 saturated carbocycles. The van der Waals surface area contributed by atoms with Gasteiger partial charge in [0.1, 0.15) is 11.5 Å². The molecule has 5 nitrogen and oxygen atoms in total. The van der Waals surface area contributed by atoms with Crippen LogP contribution in [0.5, 0.6) is 11.5 Å². The number of carbonyl (C=O) groups excluding carboxylic acids is 1. The van der Waals surface area contributed by atoms with Crippen LogP contribution in [-0.4, -0.2) is 17.0 Å². The molecule has 0 heterocycles. The highest BCUT2D eigenvalue weighted by atomic mass is 16.5. The predicted molar refractivity (Wildman–Crippen MR) is 81.8 cm³/mol. The van der Waals surface area contributed by atoms with Crippen LogP contribution in [0.1, 0.15) is 17.5 Å². The topological polar surface area (TPSA) is 89.6 Å². The Balaban J connectivity index is 1.95. The quantitative estimate of drug-likeness (QED) is 0.822. The van der Waals surface area contributed by atoms with Crippen LogP contribution in [0, 0.1) is 0 Å². The Bertz CT molecular complexity index is 647. The predicted octanol–water partition coefficient (Wildman–Crippen LogP) is 2.52. The van der Waals surface area contributed by atoms with Crippen molar-refractivity contribution in [2.24, 2.45) is 5.73 Å². The summed E-state index contributed by atoms with van der Waals surface area (Å²) in [6, 6.07) is 14.3. The van der Waals surface area contributed by atoms with Crippen LogP contribution in [0.2, 0.25) is 0 Å². The molecule has 22 heavy (non-hydrogen) atoms. The lowest BCUT2D eigenvalue weighted by atomic mass is 10.1. The van der Waals surface area contributed by atoms with E-state index < -0.39 is 5.97 Å². The number of carboxylic acid groups (broad SMARTS) is 1. The summed E-state index contributed by atoms with van der Waals surface area (Å²) >= 11 is 0. The first-order valence-corrected chi connectivity index (χ1v) is 6.89. The number of carbonyl (C=O) groups is 2. The molecule has 0 fully saturated rings. The smallest absolute Gasteiger partial charge is 0.307 e. The van der Waals surface area contributed by atoms with Crippen molar-refractivity contribution in [3.05, 3.63) is 59.7 Å². The molecule has 0 radical (unpaired) electrons. The third-order valence-corrected chi connectivity index (χ3v) is 3.10. The summed E-state index contributed by atoms with van der Waals surface area (Å²) in [4.78, 5) is 21.3. The second kappa shape index (κ2) is 7.26. The maximum Gasteiger partial charge on any atom is 0.307 e. The van der Waals surface area contributed by atoms with E-state index in [1.807, 2.05) is 24.3 Å². The van der Waals surface area contributed by atoms with Crippen LogP contribution in [0.4, 0.5) is 0 Å². The van der Waals surface area contributed by atoms with Gasteiger partial charge in [0.05, 0.1) is 6.42 Å². The number of amides is 1. The number of carboxylic acids is 1. The van der Waals surface area contributed by atoms with Crippen LogP contribution >= 0.6 is 0 Å². The second-order valence-corrected chi connectivity index (χ2v) is 4.93. The average Bonchev–Trinajstić information content (AvgIpc) is 2.48. The van der Waals surface area contributed by atoms with Gasteiger partial charge in [0, 0.05) is 6.42 Å². The standard InChI is InChI=1S/C17H17NO4/c18-16(19)10-5-12-1-6-14(7-2-12)22-15-8-3-13(4-9-15)11-17(20)21/h1-4,6-9H,5,10-11H2,(H2,18,19)(H,20,21). The summed E-state index contributed by atoms with van der Waals surface area (Å²) in [7, 11) is 0. The van der Waals surface area contributed by atoms with Crippen molar-refractivity contribution < 1.29 is 19.4 Å². The highest BCUT2D eigenvalue weighted by molar-refractivity contribution is 5.74. The highest BCUT2D eigenvalue weighted by Gasteiger charge is 2.02. The van der Waals surface area contributed by atoms with Crippen molar-refractivity contribution in [3.63, 3.8) is 0 Å². The number of ether oxygens (including phenoxy) is 1. The molecule has 0 spiro atoms. The Hall–Kier alpha value is -2.82. The molecule has 0 aliphatic carbocycles. The minimum atomic E-state index is -0.861. The summed E-state index contributed by atoms with van der Waals surface area (Å²) in [5, 5.41) is 8.72. The maximum atomic E-state index is 10.7. The Morgan fingerprint density at radius 3 is 1.86 bits per heavy atom. The number of aryl methyl sites for hydroxylation is 1. The lowest BCUT2D eigenvalue weighted by Gasteiger charge is -2.07. The van der Waals surface area contributed by atoms with E-state index in [1.54, 1.807) is 24.3 Å². The van der Waals surface area contributed by atoms with Gasteiger partial charge in [0.15, 0.2) is 0 Å². The van der Waals surface area contributed by atoms with E-state index in [0.717, 1.165) is 11.1 Å². The van der Waals surface area contributed by atoms with E-state index in [4.69, 9.17) is 15.6 Å². The van der Waals surface area contributed by atoms with Gasteiger partial charge in [0.25, 0.3) is 0 Å². The zero-order valence-corrected chi connectivity index (χ0v) is 12.0. The molecule has 2 rings (SSSR count). The Labute approximate surface area is 128 Å². The van der Waals surface area contributed by atoms with Gasteiger partial charge >= 0.3 is 5.97 Å². The monoisotopic (exact) mass is 299 g/mol. The van der Waals surface area contributed by atoms with E-state index >= 15 is 0 Å². The zero-order valence-electron chi connectivity index (χ0n) is 12.0. The molecule has 0 atom stereocenters. The molecule has 2 aromatic rings. The van der Waals surface area contributed by atoms with Gasteiger partial charge in [0.2, 0.25) is 5.91 Å². The van der Waals surface area contributed by atoms with Crippen LogP contribution in [0.15, 0.2) is 48.5 Å². The lowest BCUT2D eigenvalue weighted by molar-refractivity contribution is -0.136. The van der Waals surface area contributed by atoms with Gasteiger partial charge in [-0.2, -0.15) is 0 Å². The molecule has 1 amide bonds. The van der Waals surface area contributed by atoms with E-state index in [9.17, 15) is 9.59 Å². The van der Waals surface area contributed by atoms with Gasteiger partial charge in [-0.15, -0.1) is 0 Å². The van der Waals surface area contributed by atoms with Gasteiger partial charge in [-0.05, 0) is 41.8 Å². The summed E-state index contributed by atoms with van der Waals surface area (Å²) in [6.45, 7) is 0. The average molecular weight is 299 g/mol. The summed E-state index contributed by atoms with van der Waals surface area (Å²) in [5.41, 5.74) is 6.85.